The number of hydrogen-bond acceptors (Lipinski definition) is 3. The van der Waals surface area contributed by atoms with Gasteiger partial charge in [0.15, 0.2) is 11.6 Å². The fourth-order valence-electron chi connectivity index (χ4n) is 2.30. The Hall–Kier alpha value is -1.53. The molecule has 6 heteroatoms. The summed E-state index contributed by atoms with van der Waals surface area (Å²) in [6.07, 6.45) is 0.509. The van der Waals surface area contributed by atoms with Crippen LogP contribution in [0, 0.1) is 11.6 Å². The Balaban J connectivity index is 1.96. The number of likely N-dealkylation sites (N-methyl/N-ethyl adjacent to an activating group) is 1. The molecule has 2 atom stereocenters. The second-order valence-electron chi connectivity index (χ2n) is 4.85. The summed E-state index contributed by atoms with van der Waals surface area (Å²) in [5.41, 5.74) is 0.667. The highest BCUT2D eigenvalue weighted by Crippen LogP contribution is 2.16. The van der Waals surface area contributed by atoms with Gasteiger partial charge in [-0.1, -0.05) is 6.07 Å². The fourth-order valence-corrected chi connectivity index (χ4v) is 2.30. The number of hydrogen-bond donors (Lipinski definition) is 2. The number of aliphatic carboxylic acids is 1. The van der Waals surface area contributed by atoms with Crippen molar-refractivity contribution in [1.29, 1.82) is 0 Å². The molecule has 0 bridgehead atoms. The van der Waals surface area contributed by atoms with E-state index in [-0.39, 0.29) is 6.04 Å². The van der Waals surface area contributed by atoms with Crippen molar-refractivity contribution in [2.75, 3.05) is 13.6 Å². The van der Waals surface area contributed by atoms with E-state index in [1.807, 2.05) is 11.9 Å². The van der Waals surface area contributed by atoms with Crippen molar-refractivity contribution < 1.29 is 18.7 Å². The largest absolute Gasteiger partial charge is 0.480 e. The summed E-state index contributed by atoms with van der Waals surface area (Å²) in [7, 11) is 1.85. The number of halogens is 2. The maximum Gasteiger partial charge on any atom is 0.320 e. The van der Waals surface area contributed by atoms with Crippen molar-refractivity contribution in [3.63, 3.8) is 0 Å². The van der Waals surface area contributed by atoms with E-state index in [0.717, 1.165) is 6.07 Å². The highest BCUT2D eigenvalue weighted by Gasteiger charge is 2.31. The summed E-state index contributed by atoms with van der Waals surface area (Å²) in [4.78, 5) is 12.8. The third kappa shape index (κ3) is 3.27. The number of rotatable bonds is 4. The molecule has 0 radical (unpaired) electrons. The molecule has 2 N–H and O–H groups in total. The van der Waals surface area contributed by atoms with Crippen LogP contribution in [0.3, 0.4) is 0 Å². The number of carbonyl (C=O) groups is 1. The predicted molar refractivity (Wildman–Crippen MR) is 65.7 cm³/mol. The molecule has 1 aliphatic rings. The molecule has 1 saturated heterocycles. The van der Waals surface area contributed by atoms with Gasteiger partial charge >= 0.3 is 5.97 Å². The van der Waals surface area contributed by atoms with E-state index in [2.05, 4.69) is 5.32 Å². The minimum atomic E-state index is -0.862. The third-order valence-electron chi connectivity index (χ3n) is 3.45. The van der Waals surface area contributed by atoms with Gasteiger partial charge in [-0.3, -0.25) is 9.69 Å². The second kappa shape index (κ2) is 5.63. The molecule has 1 fully saturated rings. The zero-order valence-electron chi connectivity index (χ0n) is 10.6. The first-order valence-electron chi connectivity index (χ1n) is 6.07. The van der Waals surface area contributed by atoms with E-state index in [9.17, 15) is 13.6 Å². The first-order chi connectivity index (χ1) is 8.97. The number of nitrogens with zero attached hydrogens (tertiary/aromatic N) is 1. The molecule has 0 amide bonds. The van der Waals surface area contributed by atoms with Gasteiger partial charge in [0.05, 0.1) is 0 Å². The fraction of sp³-hybridized carbons (Fsp3) is 0.462. The normalized spacial score (nSPS) is 22.9. The average molecular weight is 270 g/mol. The molecule has 1 unspecified atom stereocenters. The maximum atomic E-state index is 13.1. The molecule has 0 aliphatic carbocycles. The first kappa shape index (κ1) is 13.9. The molecule has 0 spiro atoms. The van der Waals surface area contributed by atoms with Crippen LogP contribution in [0.4, 0.5) is 8.78 Å². The summed E-state index contributed by atoms with van der Waals surface area (Å²) in [5, 5.41) is 11.8. The summed E-state index contributed by atoms with van der Waals surface area (Å²) in [5.74, 6) is -2.58. The summed E-state index contributed by atoms with van der Waals surface area (Å²) in [6.45, 7) is 1.03. The quantitative estimate of drug-likeness (QED) is 0.863. The van der Waals surface area contributed by atoms with Crippen LogP contribution in [0.2, 0.25) is 0 Å². The lowest BCUT2D eigenvalue weighted by Crippen LogP contribution is -2.32. The van der Waals surface area contributed by atoms with Crippen LogP contribution < -0.4 is 5.32 Å². The van der Waals surface area contributed by atoms with Gasteiger partial charge < -0.3 is 10.4 Å². The van der Waals surface area contributed by atoms with Crippen LogP contribution in [0.1, 0.15) is 12.0 Å². The number of carboxylic acids is 1. The zero-order valence-corrected chi connectivity index (χ0v) is 10.6. The van der Waals surface area contributed by atoms with E-state index < -0.39 is 23.6 Å². The number of nitrogens with one attached hydrogen (secondary N) is 1. The molecule has 2 rings (SSSR count). The molecule has 104 valence electrons. The zero-order chi connectivity index (χ0) is 14.0. The van der Waals surface area contributed by atoms with Gasteiger partial charge in [0.1, 0.15) is 6.04 Å². The minimum Gasteiger partial charge on any atom is -0.480 e. The minimum absolute atomic E-state index is 0.0780. The standard InChI is InChI=1S/C13H16F2N2O2/c1-17(9-5-12(13(18)19)16-6-9)7-8-2-3-10(14)11(15)4-8/h2-4,9,12,16H,5-7H2,1H3,(H,18,19)/t9?,12-/m0/s1. The Morgan fingerprint density at radius 3 is 2.79 bits per heavy atom. The highest BCUT2D eigenvalue weighted by molar-refractivity contribution is 5.73. The summed E-state index contributed by atoms with van der Waals surface area (Å²) < 4.78 is 25.9. The van der Waals surface area contributed by atoms with Crippen LogP contribution in [0.25, 0.3) is 0 Å². The SMILES string of the molecule is CN(Cc1ccc(F)c(F)c1)C1CN[C@H](C(=O)O)C1. The van der Waals surface area contributed by atoms with E-state index >= 15 is 0 Å². The van der Waals surface area contributed by atoms with Crippen LogP contribution >= 0.6 is 0 Å². The third-order valence-corrected chi connectivity index (χ3v) is 3.45. The van der Waals surface area contributed by atoms with E-state index in [1.54, 1.807) is 0 Å². The van der Waals surface area contributed by atoms with Crippen molar-refractivity contribution in [3.05, 3.63) is 35.4 Å². The van der Waals surface area contributed by atoms with Gasteiger partial charge in [0.2, 0.25) is 0 Å². The first-order valence-corrected chi connectivity index (χ1v) is 6.07. The Morgan fingerprint density at radius 1 is 1.47 bits per heavy atom. The van der Waals surface area contributed by atoms with Crippen LogP contribution in [-0.2, 0) is 11.3 Å². The predicted octanol–water partition coefficient (Wildman–Crippen LogP) is 1.21. The molecule has 0 saturated carbocycles. The van der Waals surface area contributed by atoms with Gasteiger partial charge in [-0.05, 0) is 31.2 Å². The molecule has 19 heavy (non-hydrogen) atoms. The van der Waals surface area contributed by atoms with Gasteiger partial charge in [0, 0.05) is 19.1 Å². The highest BCUT2D eigenvalue weighted by atomic mass is 19.2. The molecular weight excluding hydrogens is 254 g/mol. The summed E-state index contributed by atoms with van der Waals surface area (Å²) in [6, 6.07) is 3.35. The lowest BCUT2D eigenvalue weighted by molar-refractivity contribution is -0.139. The molecular formula is C13H16F2N2O2. The maximum absolute atomic E-state index is 13.1. The average Bonchev–Trinajstić information content (AvgIpc) is 2.83. The van der Waals surface area contributed by atoms with Crippen molar-refractivity contribution >= 4 is 5.97 Å². The van der Waals surface area contributed by atoms with E-state index in [4.69, 9.17) is 5.11 Å². The Morgan fingerprint density at radius 2 is 2.21 bits per heavy atom. The summed E-state index contributed by atoms with van der Waals surface area (Å²) >= 11 is 0. The number of benzene rings is 1. The van der Waals surface area contributed by atoms with Crippen molar-refractivity contribution in [2.24, 2.45) is 0 Å². The Kier molecular flexibility index (Phi) is 4.11. The molecule has 1 aliphatic heterocycles. The van der Waals surface area contributed by atoms with Gasteiger partial charge in [-0.2, -0.15) is 0 Å². The smallest absolute Gasteiger partial charge is 0.320 e. The molecule has 0 aromatic heterocycles. The van der Waals surface area contributed by atoms with Gasteiger partial charge in [-0.25, -0.2) is 8.78 Å². The molecule has 1 aromatic rings. The van der Waals surface area contributed by atoms with Gasteiger partial charge in [0.25, 0.3) is 0 Å². The van der Waals surface area contributed by atoms with E-state index in [0.29, 0.717) is 25.1 Å². The Labute approximate surface area is 110 Å². The topological polar surface area (TPSA) is 52.6 Å². The Bertz CT molecular complexity index is 482. The molecule has 1 heterocycles. The lowest BCUT2D eigenvalue weighted by atomic mass is 10.1. The molecule has 4 nitrogen and oxygen atoms in total. The van der Waals surface area contributed by atoms with Crippen molar-refractivity contribution in [2.45, 2.75) is 25.0 Å². The number of carboxylic acid groups (broad SMARTS) is 1. The van der Waals surface area contributed by atoms with E-state index in [1.165, 1.54) is 12.1 Å². The molecule has 1 aromatic carbocycles. The van der Waals surface area contributed by atoms with Crippen molar-refractivity contribution in [3.8, 4) is 0 Å². The lowest BCUT2D eigenvalue weighted by Gasteiger charge is -2.23. The van der Waals surface area contributed by atoms with Crippen LogP contribution in [0.5, 0.6) is 0 Å². The van der Waals surface area contributed by atoms with Gasteiger partial charge in [-0.15, -0.1) is 0 Å². The van der Waals surface area contributed by atoms with Crippen LogP contribution in [0.15, 0.2) is 18.2 Å². The van der Waals surface area contributed by atoms with Crippen LogP contribution in [-0.4, -0.2) is 41.7 Å². The monoisotopic (exact) mass is 270 g/mol. The van der Waals surface area contributed by atoms with Crippen molar-refractivity contribution in [1.82, 2.24) is 10.2 Å². The second-order valence-corrected chi connectivity index (χ2v) is 4.85.